The molecule has 2 aromatic carbocycles. The third kappa shape index (κ3) is 4.74. The van der Waals surface area contributed by atoms with Gasteiger partial charge in [-0.1, -0.05) is 12.1 Å². The summed E-state index contributed by atoms with van der Waals surface area (Å²) in [5, 5.41) is 2.68. The molecule has 0 bridgehead atoms. The van der Waals surface area contributed by atoms with Crippen molar-refractivity contribution in [1.29, 1.82) is 0 Å². The molecule has 0 radical (unpaired) electrons. The highest BCUT2D eigenvalue weighted by Crippen LogP contribution is 2.23. The van der Waals surface area contributed by atoms with Gasteiger partial charge in [-0.25, -0.2) is 8.42 Å². The van der Waals surface area contributed by atoms with Crippen LogP contribution in [-0.4, -0.2) is 38.3 Å². The third-order valence-corrected chi connectivity index (χ3v) is 6.55. The summed E-state index contributed by atoms with van der Waals surface area (Å²) in [5.74, 6) is 0.261. The Morgan fingerprint density at radius 2 is 1.85 bits per heavy atom. The topological polar surface area (TPSA) is 75.7 Å². The molecule has 0 spiro atoms. The Morgan fingerprint density at radius 1 is 1.12 bits per heavy atom. The highest BCUT2D eigenvalue weighted by Gasteiger charge is 2.27. The molecule has 1 fully saturated rings. The van der Waals surface area contributed by atoms with Crippen molar-refractivity contribution in [2.75, 3.05) is 25.0 Å². The fourth-order valence-electron chi connectivity index (χ4n) is 2.71. The van der Waals surface area contributed by atoms with Crippen molar-refractivity contribution in [2.45, 2.75) is 17.7 Å². The second-order valence-electron chi connectivity index (χ2n) is 5.93. The van der Waals surface area contributed by atoms with E-state index >= 15 is 0 Å². The Kier molecular flexibility index (Phi) is 6.15. The fraction of sp³-hybridized carbons (Fsp3) is 0.278. The van der Waals surface area contributed by atoms with E-state index in [1.165, 1.54) is 10.4 Å². The first kappa shape index (κ1) is 19.1. The molecule has 2 aromatic rings. The number of halogens is 1. The minimum Gasteiger partial charge on any atom is -0.484 e. The minimum absolute atomic E-state index is 0.150. The molecule has 26 heavy (non-hydrogen) atoms. The van der Waals surface area contributed by atoms with Gasteiger partial charge in [0.15, 0.2) is 6.61 Å². The lowest BCUT2D eigenvalue weighted by Crippen LogP contribution is -2.28. The molecule has 1 heterocycles. The Bertz CT molecular complexity index is 896. The molecule has 1 aliphatic heterocycles. The molecule has 1 aliphatic rings. The van der Waals surface area contributed by atoms with Gasteiger partial charge in [-0.3, -0.25) is 4.79 Å². The largest absolute Gasteiger partial charge is 0.484 e. The maximum absolute atomic E-state index is 12.6. The van der Waals surface area contributed by atoms with Gasteiger partial charge in [0.25, 0.3) is 5.91 Å². The predicted octanol–water partition coefficient (Wildman–Crippen LogP) is 3.09. The first-order chi connectivity index (χ1) is 12.4. The average Bonchev–Trinajstić information content (AvgIpc) is 3.16. The lowest BCUT2D eigenvalue weighted by Gasteiger charge is -2.16. The van der Waals surface area contributed by atoms with Gasteiger partial charge in [-0.05, 0) is 71.8 Å². The van der Waals surface area contributed by atoms with Crippen LogP contribution in [0, 0.1) is 3.57 Å². The summed E-state index contributed by atoms with van der Waals surface area (Å²) in [6.07, 6.45) is 1.76. The summed E-state index contributed by atoms with van der Waals surface area (Å²) >= 11 is 2.17. The van der Waals surface area contributed by atoms with Crippen LogP contribution >= 0.6 is 22.6 Å². The van der Waals surface area contributed by atoms with Crippen molar-refractivity contribution in [3.63, 3.8) is 0 Å². The summed E-state index contributed by atoms with van der Waals surface area (Å²) in [4.78, 5) is 12.3. The molecule has 0 aromatic heterocycles. The monoisotopic (exact) mass is 486 g/mol. The number of carbonyl (C=O) groups excluding carboxylic acids is 1. The number of benzene rings is 2. The van der Waals surface area contributed by atoms with Gasteiger partial charge in [0.05, 0.1) is 4.90 Å². The molecular weight excluding hydrogens is 467 g/mol. The summed E-state index contributed by atoms with van der Waals surface area (Å²) in [6, 6.07) is 13.7. The highest BCUT2D eigenvalue weighted by atomic mass is 127. The molecule has 1 N–H and O–H groups in total. The van der Waals surface area contributed by atoms with Gasteiger partial charge in [-0.15, -0.1) is 0 Å². The van der Waals surface area contributed by atoms with Gasteiger partial charge < -0.3 is 10.1 Å². The molecular formula is C18H19IN2O4S. The fourth-order valence-corrected chi connectivity index (χ4v) is 4.79. The summed E-state index contributed by atoms with van der Waals surface area (Å²) < 4.78 is 33.2. The lowest BCUT2D eigenvalue weighted by molar-refractivity contribution is -0.118. The number of sulfonamides is 1. The van der Waals surface area contributed by atoms with E-state index in [0.717, 1.165) is 16.4 Å². The van der Waals surface area contributed by atoms with E-state index in [9.17, 15) is 13.2 Å². The number of amides is 1. The average molecular weight is 486 g/mol. The smallest absolute Gasteiger partial charge is 0.262 e. The summed E-state index contributed by atoms with van der Waals surface area (Å²) in [7, 11) is -3.51. The van der Waals surface area contributed by atoms with Crippen molar-refractivity contribution in [1.82, 2.24) is 4.31 Å². The predicted molar refractivity (Wildman–Crippen MR) is 108 cm³/mol. The van der Waals surface area contributed by atoms with Crippen LogP contribution in [0.4, 0.5) is 5.69 Å². The second-order valence-corrected chi connectivity index (χ2v) is 9.12. The first-order valence-corrected chi connectivity index (χ1v) is 10.8. The van der Waals surface area contributed by atoms with Crippen molar-refractivity contribution in [3.05, 3.63) is 52.1 Å². The maximum atomic E-state index is 12.6. The number of hydrogen-bond donors (Lipinski definition) is 1. The first-order valence-electron chi connectivity index (χ1n) is 8.23. The van der Waals surface area contributed by atoms with Crippen LogP contribution in [0.5, 0.6) is 5.75 Å². The molecule has 0 atom stereocenters. The quantitative estimate of drug-likeness (QED) is 0.637. The van der Waals surface area contributed by atoms with Crippen molar-refractivity contribution in [3.8, 4) is 5.75 Å². The van der Waals surface area contributed by atoms with E-state index < -0.39 is 10.0 Å². The number of nitrogens with one attached hydrogen (secondary N) is 1. The Balaban J connectivity index is 1.64. The zero-order valence-electron chi connectivity index (χ0n) is 14.0. The number of nitrogens with zero attached hydrogens (tertiary/aromatic N) is 1. The SMILES string of the molecule is O=C(COc1cccc(I)c1)Nc1cccc(S(=O)(=O)N2CCCC2)c1. The van der Waals surface area contributed by atoms with E-state index in [2.05, 4.69) is 27.9 Å². The van der Waals surface area contributed by atoms with Gasteiger partial charge in [0.1, 0.15) is 5.75 Å². The molecule has 6 nitrogen and oxygen atoms in total. The number of hydrogen-bond acceptors (Lipinski definition) is 4. The van der Waals surface area contributed by atoms with Crippen LogP contribution in [0.25, 0.3) is 0 Å². The Labute approximate surface area is 166 Å². The van der Waals surface area contributed by atoms with E-state index in [1.807, 2.05) is 18.2 Å². The van der Waals surface area contributed by atoms with E-state index in [-0.39, 0.29) is 17.4 Å². The van der Waals surface area contributed by atoms with Gasteiger partial charge in [-0.2, -0.15) is 4.31 Å². The molecule has 0 aliphatic carbocycles. The zero-order chi connectivity index (χ0) is 18.6. The van der Waals surface area contributed by atoms with Crippen molar-refractivity contribution in [2.24, 2.45) is 0 Å². The summed E-state index contributed by atoms with van der Waals surface area (Å²) in [5.41, 5.74) is 0.432. The highest BCUT2D eigenvalue weighted by molar-refractivity contribution is 14.1. The molecule has 0 unspecified atom stereocenters. The van der Waals surface area contributed by atoms with Crippen LogP contribution in [0.15, 0.2) is 53.4 Å². The van der Waals surface area contributed by atoms with Crippen LogP contribution in [0.3, 0.4) is 0 Å². The zero-order valence-corrected chi connectivity index (χ0v) is 17.0. The van der Waals surface area contributed by atoms with E-state index in [0.29, 0.717) is 24.5 Å². The lowest BCUT2D eigenvalue weighted by atomic mass is 10.3. The normalized spacial score (nSPS) is 15.0. The summed E-state index contributed by atoms with van der Waals surface area (Å²) in [6.45, 7) is 0.939. The maximum Gasteiger partial charge on any atom is 0.262 e. The van der Waals surface area contributed by atoms with Crippen molar-refractivity contribution < 1.29 is 17.9 Å². The molecule has 1 saturated heterocycles. The Morgan fingerprint density at radius 3 is 2.58 bits per heavy atom. The van der Waals surface area contributed by atoms with E-state index in [4.69, 9.17) is 4.74 Å². The standard InChI is InChI=1S/C18H19IN2O4S/c19-14-5-3-7-16(11-14)25-13-18(22)20-15-6-4-8-17(12-15)26(23,24)21-9-1-2-10-21/h3-8,11-12H,1-2,9-10,13H2,(H,20,22). The molecule has 3 rings (SSSR count). The van der Waals surface area contributed by atoms with Gasteiger partial charge >= 0.3 is 0 Å². The van der Waals surface area contributed by atoms with Gasteiger partial charge in [0.2, 0.25) is 10.0 Å². The molecule has 8 heteroatoms. The van der Waals surface area contributed by atoms with Crippen LogP contribution < -0.4 is 10.1 Å². The Hall–Kier alpha value is -1.65. The minimum atomic E-state index is -3.51. The van der Waals surface area contributed by atoms with E-state index in [1.54, 1.807) is 24.3 Å². The molecule has 0 saturated carbocycles. The number of ether oxygens (including phenoxy) is 1. The third-order valence-electron chi connectivity index (χ3n) is 3.99. The van der Waals surface area contributed by atoms with Crippen LogP contribution in [-0.2, 0) is 14.8 Å². The second kappa shape index (κ2) is 8.36. The number of carbonyl (C=O) groups is 1. The van der Waals surface area contributed by atoms with Gasteiger partial charge in [0, 0.05) is 22.3 Å². The van der Waals surface area contributed by atoms with Crippen LogP contribution in [0.1, 0.15) is 12.8 Å². The number of rotatable bonds is 6. The molecule has 1 amide bonds. The van der Waals surface area contributed by atoms with Crippen LogP contribution in [0.2, 0.25) is 0 Å². The number of anilines is 1. The molecule has 138 valence electrons. The van der Waals surface area contributed by atoms with Crippen molar-refractivity contribution >= 4 is 44.2 Å².